The maximum Gasteiger partial charge on any atom is 0.189 e. The van der Waals surface area contributed by atoms with Crippen LogP contribution in [0.15, 0.2) is 16.1 Å². The Labute approximate surface area is 212 Å². The topological polar surface area (TPSA) is 87.7 Å². The van der Waals surface area contributed by atoms with Crippen LogP contribution in [0, 0.1) is 34.5 Å². The van der Waals surface area contributed by atoms with Gasteiger partial charge in [-0.1, -0.05) is 34.1 Å². The third-order valence-corrected chi connectivity index (χ3v) is 13.6. The third kappa shape index (κ3) is 3.31. The molecule has 0 saturated heterocycles. The second-order valence-corrected chi connectivity index (χ2v) is 14.8. The Morgan fingerprint density at radius 3 is 2.94 bits per heavy atom. The van der Waals surface area contributed by atoms with Crippen molar-refractivity contribution < 1.29 is 9.90 Å². The summed E-state index contributed by atoms with van der Waals surface area (Å²) in [6.07, 6.45) is 12.0. The van der Waals surface area contributed by atoms with Gasteiger partial charge in [0.2, 0.25) is 0 Å². The maximum absolute atomic E-state index is 13.8. The number of fused-ring (bicyclic) bond motifs is 1. The first-order valence-electron chi connectivity index (χ1n) is 13.6. The highest BCUT2D eigenvalue weighted by molar-refractivity contribution is 8.76. The van der Waals surface area contributed by atoms with Crippen LogP contribution in [0.4, 0.5) is 0 Å². The van der Waals surface area contributed by atoms with Crippen molar-refractivity contribution in [2.24, 2.45) is 45.2 Å². The molecule has 7 heteroatoms. The van der Waals surface area contributed by atoms with Crippen molar-refractivity contribution in [1.29, 1.82) is 0 Å². The Morgan fingerprint density at radius 2 is 2.12 bits per heavy atom. The first-order chi connectivity index (χ1) is 16.4. The maximum atomic E-state index is 13.8. The fraction of sp³-hybridized carbons (Fsp3) is 0.852. The number of aliphatic imine (C=N–C) groups is 1. The van der Waals surface area contributed by atoms with E-state index in [1.54, 1.807) is 5.57 Å². The van der Waals surface area contributed by atoms with Crippen LogP contribution in [0.2, 0.25) is 0 Å². The highest BCUT2D eigenvalue weighted by atomic mass is 33.1. The molecular weight excluding hydrogens is 462 g/mol. The van der Waals surface area contributed by atoms with E-state index < -0.39 is 0 Å². The number of nitrogens with one attached hydrogen (secondary N) is 1. The number of allylic oxidation sites excluding steroid dienone is 2. The zero-order valence-corrected chi connectivity index (χ0v) is 22.2. The van der Waals surface area contributed by atoms with E-state index in [2.05, 4.69) is 17.2 Å². The summed E-state index contributed by atoms with van der Waals surface area (Å²) in [6, 6.07) is 0. The number of nitrogens with zero attached hydrogens (tertiary/aromatic N) is 1. The summed E-state index contributed by atoms with van der Waals surface area (Å²) in [5.74, 6) is 5.96. The van der Waals surface area contributed by atoms with Crippen molar-refractivity contribution in [1.82, 2.24) is 5.32 Å². The number of aliphatic hydroxyl groups is 1. The number of carbonyl (C=O) groups is 1. The van der Waals surface area contributed by atoms with Gasteiger partial charge in [0, 0.05) is 36.5 Å². The average Bonchev–Trinajstić information content (AvgIpc) is 3.10. The number of aliphatic hydroxyl groups excluding tert-OH is 1. The number of nitrogens with two attached hydrogens (primary N) is 1. The van der Waals surface area contributed by atoms with E-state index in [9.17, 15) is 9.90 Å². The first-order valence-corrected chi connectivity index (χ1v) is 16.1. The van der Waals surface area contributed by atoms with Crippen LogP contribution >= 0.6 is 21.6 Å². The van der Waals surface area contributed by atoms with Gasteiger partial charge in [-0.2, -0.15) is 0 Å². The number of hydrogen-bond donors (Lipinski definition) is 3. The van der Waals surface area contributed by atoms with Crippen LogP contribution in [-0.4, -0.2) is 47.0 Å². The molecule has 3 fully saturated rings. The molecule has 0 aromatic heterocycles. The Morgan fingerprint density at radius 1 is 1.24 bits per heavy atom. The van der Waals surface area contributed by atoms with E-state index >= 15 is 0 Å². The summed E-state index contributed by atoms with van der Waals surface area (Å²) in [5.41, 5.74) is 9.30. The van der Waals surface area contributed by atoms with E-state index in [0.29, 0.717) is 23.6 Å². The lowest BCUT2D eigenvalue weighted by Crippen LogP contribution is -2.56. The largest absolute Gasteiger partial charge is 0.396 e. The molecule has 34 heavy (non-hydrogen) atoms. The smallest absolute Gasteiger partial charge is 0.189 e. The van der Waals surface area contributed by atoms with Crippen molar-refractivity contribution in [2.45, 2.75) is 83.1 Å². The van der Waals surface area contributed by atoms with Crippen molar-refractivity contribution >= 4 is 33.3 Å². The van der Waals surface area contributed by atoms with Gasteiger partial charge in [0.05, 0.1) is 5.54 Å². The molecule has 4 aliphatic carbocycles. The van der Waals surface area contributed by atoms with Gasteiger partial charge < -0.3 is 16.2 Å². The Bertz CT molecular complexity index is 922. The van der Waals surface area contributed by atoms with Gasteiger partial charge in [0.15, 0.2) is 11.7 Å². The molecule has 0 amide bonds. The Kier molecular flexibility index (Phi) is 6.09. The van der Waals surface area contributed by atoms with Crippen LogP contribution in [0.1, 0.15) is 77.6 Å². The minimum Gasteiger partial charge on any atom is -0.396 e. The molecule has 2 spiro atoms. The highest BCUT2D eigenvalue weighted by Gasteiger charge is 2.73. The summed E-state index contributed by atoms with van der Waals surface area (Å²) in [6.45, 7) is 3.65. The van der Waals surface area contributed by atoms with E-state index in [1.807, 2.05) is 21.6 Å². The Balaban J connectivity index is 1.40. The van der Waals surface area contributed by atoms with Crippen LogP contribution < -0.4 is 11.1 Å². The molecule has 2 heterocycles. The molecule has 4 N–H and O–H groups in total. The second-order valence-electron chi connectivity index (χ2n) is 12.2. The molecule has 0 aromatic rings. The fourth-order valence-corrected chi connectivity index (χ4v) is 12.5. The Hall–Kier alpha value is -0.660. The van der Waals surface area contributed by atoms with Gasteiger partial charge in [-0.15, -0.1) is 0 Å². The molecule has 5 nitrogen and oxygen atoms in total. The minimum absolute atomic E-state index is 0.00302. The predicted octanol–water partition coefficient (Wildman–Crippen LogP) is 4.70. The van der Waals surface area contributed by atoms with Crippen molar-refractivity contribution in [3.8, 4) is 0 Å². The summed E-state index contributed by atoms with van der Waals surface area (Å²) in [4.78, 5) is 18.2. The van der Waals surface area contributed by atoms with Crippen LogP contribution in [0.25, 0.3) is 0 Å². The number of rotatable bonds is 3. The van der Waals surface area contributed by atoms with Crippen molar-refractivity contribution in [3.63, 3.8) is 0 Å². The number of Topliss-reactive ketones (excluding diaryl/α,β-unsaturated/α-hetero) is 1. The molecule has 2 aliphatic heterocycles. The molecule has 6 aliphatic rings. The van der Waals surface area contributed by atoms with E-state index in [4.69, 9.17) is 5.73 Å². The molecule has 7 atom stereocenters. The first kappa shape index (κ1) is 23.7. The SMILES string of the molecule is CC12CCSSCC3(CCCC4=C5C6CCC(CC61)C(CCCO)C52CC4=O)CCN=C(N)N3. The van der Waals surface area contributed by atoms with Crippen LogP contribution in [0.5, 0.6) is 0 Å². The van der Waals surface area contributed by atoms with Crippen LogP contribution in [-0.2, 0) is 4.79 Å². The van der Waals surface area contributed by atoms with Crippen molar-refractivity contribution in [2.75, 3.05) is 24.7 Å². The fourth-order valence-electron chi connectivity index (χ4n) is 9.72. The van der Waals surface area contributed by atoms with Crippen LogP contribution in [0.3, 0.4) is 0 Å². The van der Waals surface area contributed by atoms with Crippen molar-refractivity contribution in [3.05, 3.63) is 11.1 Å². The van der Waals surface area contributed by atoms with E-state index in [-0.39, 0.29) is 23.0 Å². The highest BCUT2D eigenvalue weighted by Crippen LogP contribution is 2.79. The molecule has 188 valence electrons. The van der Waals surface area contributed by atoms with Gasteiger partial charge in [0.25, 0.3) is 0 Å². The normalized spacial score (nSPS) is 46.1. The van der Waals surface area contributed by atoms with E-state index in [1.165, 1.54) is 31.3 Å². The second kappa shape index (κ2) is 8.72. The van der Waals surface area contributed by atoms with Gasteiger partial charge >= 0.3 is 0 Å². The predicted molar refractivity (Wildman–Crippen MR) is 142 cm³/mol. The number of carbonyl (C=O) groups excluding carboxylic acids is 1. The van der Waals surface area contributed by atoms with E-state index in [0.717, 1.165) is 74.8 Å². The van der Waals surface area contributed by atoms with Gasteiger partial charge in [-0.3, -0.25) is 9.79 Å². The van der Waals surface area contributed by atoms with Gasteiger partial charge in [-0.25, -0.2) is 0 Å². The lowest BCUT2D eigenvalue weighted by Gasteiger charge is -2.58. The van der Waals surface area contributed by atoms with Gasteiger partial charge in [-0.05, 0) is 98.9 Å². The quantitative estimate of drug-likeness (QED) is 0.484. The minimum atomic E-state index is 0.00302. The molecule has 6 bridgehead atoms. The summed E-state index contributed by atoms with van der Waals surface area (Å²) >= 11 is 0. The lowest BCUT2D eigenvalue weighted by atomic mass is 9.46. The zero-order chi connectivity index (χ0) is 23.6. The van der Waals surface area contributed by atoms with Gasteiger partial charge in [0.1, 0.15) is 0 Å². The molecule has 0 radical (unpaired) electrons. The monoisotopic (exact) mass is 503 g/mol. The molecule has 0 aromatic carbocycles. The lowest BCUT2D eigenvalue weighted by molar-refractivity contribution is -0.126. The third-order valence-electron chi connectivity index (χ3n) is 11.0. The average molecular weight is 504 g/mol. The number of hydrogen-bond acceptors (Lipinski definition) is 7. The summed E-state index contributed by atoms with van der Waals surface area (Å²) in [5, 5.41) is 13.3. The summed E-state index contributed by atoms with van der Waals surface area (Å²) < 4.78 is 0. The molecule has 7 unspecified atom stereocenters. The number of guanidine groups is 1. The molecule has 6 rings (SSSR count). The summed E-state index contributed by atoms with van der Waals surface area (Å²) in [7, 11) is 4.05. The zero-order valence-electron chi connectivity index (χ0n) is 20.6. The standard InChI is InChI=1S/C27H41N3O2S2/c1-25-10-13-33-34-16-26(9-11-29-24(28)30-26)8-2-4-19-22(32)15-27(25)20(5-3-12-31)17-6-7-18(23(19)27)21(25)14-17/h17-18,20-21,31H,2-16H2,1H3,(H3,28,29,30). The molecular formula is C27H41N3O2S2. The number of ketones is 1. The molecule has 3 saturated carbocycles.